The summed E-state index contributed by atoms with van der Waals surface area (Å²) in [5, 5.41) is 0. The van der Waals surface area contributed by atoms with Gasteiger partial charge in [-0.15, -0.1) is 0 Å². The molecule has 0 saturated carbocycles. The summed E-state index contributed by atoms with van der Waals surface area (Å²) in [6, 6.07) is 17.3. The Kier molecular flexibility index (Phi) is 3.67. The second kappa shape index (κ2) is 5.41. The van der Waals surface area contributed by atoms with Gasteiger partial charge in [-0.25, -0.2) is 4.79 Å². The maximum Gasteiger partial charge on any atom is 0.322 e. The van der Waals surface area contributed by atoms with Crippen molar-refractivity contribution in [3.63, 3.8) is 0 Å². The van der Waals surface area contributed by atoms with Gasteiger partial charge in [-0.3, -0.25) is 4.72 Å². The number of hydrogen-bond donors (Lipinski definition) is 2. The van der Waals surface area contributed by atoms with Crippen molar-refractivity contribution < 1.29 is 4.79 Å². The van der Waals surface area contributed by atoms with E-state index < -0.39 is 6.03 Å². The number of urea groups is 1. The topological polar surface area (TPSA) is 55.1 Å². The van der Waals surface area contributed by atoms with Crippen LogP contribution >= 0.6 is 11.9 Å². The summed E-state index contributed by atoms with van der Waals surface area (Å²) in [6.45, 7) is 0. The average molecular weight is 244 g/mol. The maximum absolute atomic E-state index is 10.7. The largest absolute Gasteiger partial charge is 0.351 e. The second-order valence-electron chi connectivity index (χ2n) is 3.43. The fourth-order valence-corrected chi connectivity index (χ4v) is 2.17. The van der Waals surface area contributed by atoms with Gasteiger partial charge in [0.1, 0.15) is 0 Å². The first-order valence-corrected chi connectivity index (χ1v) is 5.96. The van der Waals surface area contributed by atoms with Crippen molar-refractivity contribution in [1.82, 2.24) is 4.72 Å². The molecule has 86 valence electrons. The molecule has 0 fully saturated rings. The van der Waals surface area contributed by atoms with Gasteiger partial charge in [0.05, 0.1) is 0 Å². The molecule has 3 N–H and O–H groups in total. The summed E-state index contributed by atoms with van der Waals surface area (Å²) < 4.78 is 2.53. The molecule has 0 aliphatic rings. The molecule has 0 atom stereocenters. The van der Waals surface area contributed by atoms with E-state index in [2.05, 4.69) is 4.72 Å². The molecule has 0 heterocycles. The Morgan fingerprint density at radius 1 is 1.00 bits per heavy atom. The van der Waals surface area contributed by atoms with Crippen molar-refractivity contribution >= 4 is 18.0 Å². The van der Waals surface area contributed by atoms with Crippen LogP contribution in [0, 0.1) is 0 Å². The molecule has 0 saturated heterocycles. The monoisotopic (exact) mass is 244 g/mol. The van der Waals surface area contributed by atoms with Crippen LogP contribution < -0.4 is 10.5 Å². The number of rotatable bonds is 3. The zero-order chi connectivity index (χ0) is 12.1. The molecule has 0 spiro atoms. The van der Waals surface area contributed by atoms with E-state index in [1.165, 1.54) is 11.9 Å². The number of nitrogens with one attached hydrogen (secondary N) is 1. The highest BCUT2D eigenvalue weighted by molar-refractivity contribution is 7.98. The molecule has 3 nitrogen and oxygen atoms in total. The molecule has 0 aromatic heterocycles. The van der Waals surface area contributed by atoms with Gasteiger partial charge < -0.3 is 5.73 Å². The smallest absolute Gasteiger partial charge is 0.322 e. The van der Waals surface area contributed by atoms with Gasteiger partial charge in [0.15, 0.2) is 0 Å². The number of primary amides is 1. The summed E-state index contributed by atoms with van der Waals surface area (Å²) >= 11 is 1.23. The van der Waals surface area contributed by atoms with Crippen LogP contribution in [0.2, 0.25) is 0 Å². The third-order valence-electron chi connectivity index (χ3n) is 2.23. The third-order valence-corrected chi connectivity index (χ3v) is 3.11. The highest BCUT2D eigenvalue weighted by Gasteiger charge is 2.05. The van der Waals surface area contributed by atoms with Gasteiger partial charge >= 0.3 is 6.03 Å². The molecular weight excluding hydrogens is 232 g/mol. The average Bonchev–Trinajstić information content (AvgIpc) is 2.38. The standard InChI is InChI=1S/C13H12N2OS/c14-13(16)15-17-12-9-5-4-8-11(12)10-6-2-1-3-7-10/h1-9H,(H3,14,15,16). The van der Waals surface area contributed by atoms with Crippen LogP contribution in [0.1, 0.15) is 0 Å². The number of benzene rings is 2. The lowest BCUT2D eigenvalue weighted by molar-refractivity contribution is 0.254. The van der Waals surface area contributed by atoms with Gasteiger partial charge in [0.25, 0.3) is 0 Å². The number of hydrogen-bond acceptors (Lipinski definition) is 2. The van der Waals surface area contributed by atoms with E-state index in [0.717, 1.165) is 16.0 Å². The van der Waals surface area contributed by atoms with Gasteiger partial charge in [-0.05, 0) is 29.1 Å². The van der Waals surface area contributed by atoms with Gasteiger partial charge in [0.2, 0.25) is 0 Å². The van der Waals surface area contributed by atoms with Gasteiger partial charge in [0, 0.05) is 4.90 Å². The lowest BCUT2D eigenvalue weighted by Crippen LogP contribution is -2.22. The van der Waals surface area contributed by atoms with E-state index in [0.29, 0.717) is 0 Å². The lowest BCUT2D eigenvalue weighted by Gasteiger charge is -2.08. The van der Waals surface area contributed by atoms with Crippen LogP contribution in [0.5, 0.6) is 0 Å². The number of nitrogens with two attached hydrogens (primary N) is 1. The molecule has 2 rings (SSSR count). The molecule has 0 aliphatic carbocycles. The Morgan fingerprint density at radius 3 is 2.35 bits per heavy atom. The Balaban J connectivity index is 2.31. The van der Waals surface area contributed by atoms with Crippen LogP contribution in [0.3, 0.4) is 0 Å². The van der Waals surface area contributed by atoms with Crippen LogP contribution in [-0.2, 0) is 0 Å². The van der Waals surface area contributed by atoms with Crippen molar-refractivity contribution in [2.75, 3.05) is 0 Å². The van der Waals surface area contributed by atoms with Gasteiger partial charge in [-0.2, -0.15) is 0 Å². The van der Waals surface area contributed by atoms with Crippen LogP contribution in [0.15, 0.2) is 59.5 Å². The molecule has 2 amide bonds. The molecule has 17 heavy (non-hydrogen) atoms. The minimum atomic E-state index is -0.544. The van der Waals surface area contributed by atoms with Crippen molar-refractivity contribution in [3.8, 4) is 11.1 Å². The Hall–Kier alpha value is -1.94. The van der Waals surface area contributed by atoms with E-state index in [-0.39, 0.29) is 0 Å². The number of carbonyl (C=O) groups excluding carboxylic acids is 1. The van der Waals surface area contributed by atoms with Crippen LogP contribution in [0.25, 0.3) is 11.1 Å². The molecule has 0 unspecified atom stereocenters. The van der Waals surface area contributed by atoms with Crippen LogP contribution in [-0.4, -0.2) is 6.03 Å². The summed E-state index contributed by atoms with van der Waals surface area (Å²) in [5.41, 5.74) is 7.25. The number of amides is 2. The van der Waals surface area contributed by atoms with Gasteiger partial charge in [-0.1, -0.05) is 48.5 Å². The lowest BCUT2D eigenvalue weighted by atomic mass is 10.1. The van der Waals surface area contributed by atoms with Crippen molar-refractivity contribution in [2.24, 2.45) is 5.73 Å². The molecule has 4 heteroatoms. The zero-order valence-corrected chi connectivity index (χ0v) is 9.91. The summed E-state index contributed by atoms with van der Waals surface area (Å²) in [4.78, 5) is 11.7. The normalized spacial score (nSPS) is 9.88. The molecule has 0 radical (unpaired) electrons. The number of carbonyl (C=O) groups is 1. The Morgan fingerprint density at radius 2 is 1.65 bits per heavy atom. The summed E-state index contributed by atoms with van der Waals surface area (Å²) in [6.07, 6.45) is 0. The maximum atomic E-state index is 10.7. The summed E-state index contributed by atoms with van der Waals surface area (Å²) in [5.74, 6) is 0. The van der Waals surface area contributed by atoms with E-state index in [4.69, 9.17) is 5.73 Å². The zero-order valence-electron chi connectivity index (χ0n) is 9.09. The van der Waals surface area contributed by atoms with Crippen molar-refractivity contribution in [3.05, 3.63) is 54.6 Å². The molecule has 0 aliphatic heterocycles. The quantitative estimate of drug-likeness (QED) is 0.815. The fourth-order valence-electron chi connectivity index (χ4n) is 1.52. The summed E-state index contributed by atoms with van der Waals surface area (Å²) in [7, 11) is 0. The third kappa shape index (κ3) is 3.01. The van der Waals surface area contributed by atoms with E-state index in [1.807, 2.05) is 54.6 Å². The minimum absolute atomic E-state index is 0.544. The Labute approximate surface area is 104 Å². The second-order valence-corrected chi connectivity index (χ2v) is 4.28. The highest BCUT2D eigenvalue weighted by atomic mass is 32.2. The first-order valence-electron chi connectivity index (χ1n) is 5.14. The molecule has 0 bridgehead atoms. The van der Waals surface area contributed by atoms with Crippen molar-refractivity contribution in [1.29, 1.82) is 0 Å². The predicted octanol–water partition coefficient (Wildman–Crippen LogP) is 3.03. The Bertz CT molecular complexity index is 514. The fraction of sp³-hybridized carbons (Fsp3) is 0. The predicted molar refractivity (Wildman–Crippen MR) is 70.5 cm³/mol. The molecular formula is C13H12N2OS. The molecule has 2 aromatic rings. The van der Waals surface area contributed by atoms with Crippen LogP contribution in [0.4, 0.5) is 4.79 Å². The van der Waals surface area contributed by atoms with Crippen molar-refractivity contribution in [2.45, 2.75) is 4.90 Å². The first-order chi connectivity index (χ1) is 8.27. The minimum Gasteiger partial charge on any atom is -0.351 e. The van der Waals surface area contributed by atoms with E-state index in [1.54, 1.807) is 0 Å². The van der Waals surface area contributed by atoms with E-state index in [9.17, 15) is 4.79 Å². The SMILES string of the molecule is NC(=O)NSc1ccccc1-c1ccccc1. The van der Waals surface area contributed by atoms with E-state index >= 15 is 0 Å². The highest BCUT2D eigenvalue weighted by Crippen LogP contribution is 2.29. The first kappa shape index (κ1) is 11.5. The molecule has 2 aromatic carbocycles.